The number of nitrogens with zero attached hydrogens (tertiary/aromatic N) is 3. The summed E-state index contributed by atoms with van der Waals surface area (Å²) >= 11 is 5.08. The molecule has 3 aromatic rings. The maximum Gasteiger partial charge on any atom is 0.139 e. The van der Waals surface area contributed by atoms with Crippen molar-refractivity contribution in [1.29, 1.82) is 0 Å². The first-order valence-electron chi connectivity index (χ1n) is 9.36. The van der Waals surface area contributed by atoms with Gasteiger partial charge in [-0.15, -0.1) is 0 Å². The lowest BCUT2D eigenvalue weighted by molar-refractivity contribution is -0.00548. The van der Waals surface area contributed by atoms with Gasteiger partial charge in [0.15, 0.2) is 0 Å². The Morgan fingerprint density at radius 1 is 1.29 bits per heavy atom. The minimum absolute atomic E-state index is 0.139. The van der Waals surface area contributed by atoms with Gasteiger partial charge in [0.05, 0.1) is 33.1 Å². The van der Waals surface area contributed by atoms with Gasteiger partial charge in [-0.3, -0.25) is 5.01 Å². The summed E-state index contributed by atoms with van der Waals surface area (Å²) in [6, 6.07) is 13.8. The van der Waals surface area contributed by atoms with Gasteiger partial charge in [0.25, 0.3) is 0 Å². The standard InChI is InChI=1S/C21H19BrFN4S/c1-13-27(12-20(28-13)14-6-3-2-4-7-14)26-9-5-8-19(26)21-24-17-10-15(22)16(23)11-18(17)25-21/h2-4,6-7,10-11,13,19H,5,8-9H2,1H3,(H,24,25). The fourth-order valence-electron chi connectivity index (χ4n) is 3.91. The van der Waals surface area contributed by atoms with Crippen molar-refractivity contribution < 1.29 is 4.39 Å². The van der Waals surface area contributed by atoms with E-state index >= 15 is 0 Å². The van der Waals surface area contributed by atoms with Crippen LogP contribution >= 0.6 is 27.7 Å². The molecule has 1 radical (unpaired) electrons. The summed E-state index contributed by atoms with van der Waals surface area (Å²) in [6.07, 6.45) is 5.69. The van der Waals surface area contributed by atoms with Crippen molar-refractivity contribution in [3.8, 4) is 0 Å². The summed E-state index contributed by atoms with van der Waals surface area (Å²) in [5, 5.41) is 4.83. The van der Waals surface area contributed by atoms with E-state index in [1.165, 1.54) is 11.6 Å². The van der Waals surface area contributed by atoms with E-state index in [-0.39, 0.29) is 17.2 Å². The number of rotatable bonds is 3. The normalized spacial score (nSPS) is 23.0. The molecule has 0 spiro atoms. The van der Waals surface area contributed by atoms with Gasteiger partial charge in [0, 0.05) is 17.5 Å². The molecule has 2 aromatic carbocycles. The maximum atomic E-state index is 13.9. The minimum atomic E-state index is -0.290. The van der Waals surface area contributed by atoms with Crippen molar-refractivity contribution in [1.82, 2.24) is 20.0 Å². The Labute approximate surface area is 175 Å². The second-order valence-corrected chi connectivity index (χ2v) is 9.28. The Kier molecular flexibility index (Phi) is 4.69. The van der Waals surface area contributed by atoms with Crippen molar-refractivity contribution >= 4 is 43.6 Å². The molecule has 5 rings (SSSR count). The van der Waals surface area contributed by atoms with Gasteiger partial charge in [-0.2, -0.15) is 0 Å². The highest BCUT2D eigenvalue weighted by molar-refractivity contribution is 9.10. The Morgan fingerprint density at radius 3 is 2.93 bits per heavy atom. The van der Waals surface area contributed by atoms with Gasteiger partial charge in [-0.05, 0) is 47.3 Å². The third kappa shape index (κ3) is 3.15. The molecule has 1 aromatic heterocycles. The molecule has 0 amide bonds. The molecular formula is C21H19BrFN4S. The average molecular weight is 458 g/mol. The van der Waals surface area contributed by atoms with Crippen LogP contribution in [0.25, 0.3) is 15.9 Å². The van der Waals surface area contributed by atoms with Crippen LogP contribution in [0.5, 0.6) is 0 Å². The third-order valence-electron chi connectivity index (χ3n) is 5.24. The molecule has 0 aliphatic carbocycles. The summed E-state index contributed by atoms with van der Waals surface area (Å²) in [5.74, 6) is 0.597. The van der Waals surface area contributed by atoms with Crippen LogP contribution in [-0.4, -0.2) is 31.9 Å². The second-order valence-electron chi connectivity index (χ2n) is 7.10. The van der Waals surface area contributed by atoms with Crippen molar-refractivity contribution in [2.75, 3.05) is 6.54 Å². The Bertz CT molecular complexity index is 1010. The number of imidazole rings is 1. The number of hydrazine groups is 1. The second kappa shape index (κ2) is 7.21. The monoisotopic (exact) mass is 457 g/mol. The number of hydrogen-bond acceptors (Lipinski definition) is 4. The van der Waals surface area contributed by atoms with E-state index in [1.807, 2.05) is 17.8 Å². The van der Waals surface area contributed by atoms with E-state index in [9.17, 15) is 4.39 Å². The van der Waals surface area contributed by atoms with E-state index < -0.39 is 0 Å². The lowest BCUT2D eigenvalue weighted by Gasteiger charge is -2.34. The first kappa shape index (κ1) is 18.2. The first-order valence-corrected chi connectivity index (χ1v) is 11.0. The highest BCUT2D eigenvalue weighted by Crippen LogP contribution is 2.43. The predicted molar refractivity (Wildman–Crippen MR) is 114 cm³/mol. The van der Waals surface area contributed by atoms with Crippen LogP contribution in [0.1, 0.15) is 37.2 Å². The molecule has 2 aliphatic rings. The van der Waals surface area contributed by atoms with Crippen LogP contribution < -0.4 is 0 Å². The lowest BCUT2D eigenvalue weighted by atomic mass is 10.2. The molecule has 2 unspecified atom stereocenters. The highest BCUT2D eigenvalue weighted by Gasteiger charge is 2.37. The van der Waals surface area contributed by atoms with Crippen LogP contribution in [0.3, 0.4) is 0 Å². The van der Waals surface area contributed by atoms with Gasteiger partial charge < -0.3 is 4.98 Å². The topological polar surface area (TPSA) is 35.2 Å². The molecule has 1 saturated heterocycles. The fourth-order valence-corrected chi connectivity index (χ4v) is 5.28. The fraction of sp³-hybridized carbons (Fsp3) is 0.286. The number of benzene rings is 2. The largest absolute Gasteiger partial charge is 0.341 e. The summed E-state index contributed by atoms with van der Waals surface area (Å²) in [7, 11) is 0. The van der Waals surface area contributed by atoms with E-state index in [2.05, 4.69) is 68.3 Å². The first-order chi connectivity index (χ1) is 13.6. The number of halogens is 2. The van der Waals surface area contributed by atoms with E-state index in [0.29, 0.717) is 9.99 Å². The predicted octanol–water partition coefficient (Wildman–Crippen LogP) is 5.71. The Balaban J connectivity index is 1.46. The zero-order valence-corrected chi connectivity index (χ0v) is 17.7. The number of nitrogens with one attached hydrogen (secondary N) is 1. The van der Waals surface area contributed by atoms with Crippen molar-refractivity contribution in [3.63, 3.8) is 0 Å². The van der Waals surface area contributed by atoms with Crippen LogP contribution in [0.15, 0.2) is 46.9 Å². The molecule has 0 saturated carbocycles. The molecular weight excluding hydrogens is 439 g/mol. The molecule has 3 heterocycles. The summed E-state index contributed by atoms with van der Waals surface area (Å²) in [5.41, 5.74) is 2.71. The zero-order chi connectivity index (χ0) is 19.3. The van der Waals surface area contributed by atoms with E-state index in [4.69, 9.17) is 4.98 Å². The SMILES string of the molecule is CC1SC(c2ccccc2)=[C]N1N1CCCC1c1nc2cc(F)c(Br)cc2[nH]1. The number of aromatic nitrogens is 2. The van der Waals surface area contributed by atoms with Gasteiger partial charge >= 0.3 is 0 Å². The van der Waals surface area contributed by atoms with Crippen LogP contribution in [0, 0.1) is 12.0 Å². The molecule has 0 bridgehead atoms. The van der Waals surface area contributed by atoms with Gasteiger partial charge in [0.2, 0.25) is 0 Å². The number of hydrogen-bond donors (Lipinski definition) is 1. The number of H-pyrrole nitrogens is 1. The summed E-state index contributed by atoms with van der Waals surface area (Å²) in [6.45, 7) is 3.16. The minimum Gasteiger partial charge on any atom is -0.341 e. The molecule has 143 valence electrons. The average Bonchev–Trinajstić information content (AvgIpc) is 3.40. The molecule has 7 heteroatoms. The molecule has 28 heavy (non-hydrogen) atoms. The number of fused-ring (bicyclic) bond motifs is 1. The quantitative estimate of drug-likeness (QED) is 0.545. The number of thioether (sulfide) groups is 1. The third-order valence-corrected chi connectivity index (χ3v) is 6.96. The van der Waals surface area contributed by atoms with Crippen molar-refractivity contribution in [2.24, 2.45) is 0 Å². The summed E-state index contributed by atoms with van der Waals surface area (Å²) < 4.78 is 14.3. The van der Waals surface area contributed by atoms with Crippen molar-refractivity contribution in [3.05, 3.63) is 70.3 Å². The van der Waals surface area contributed by atoms with Crippen LogP contribution in [-0.2, 0) is 0 Å². The molecule has 2 atom stereocenters. The molecule has 1 fully saturated rings. The highest BCUT2D eigenvalue weighted by atomic mass is 79.9. The van der Waals surface area contributed by atoms with Crippen LogP contribution in [0.2, 0.25) is 0 Å². The smallest absolute Gasteiger partial charge is 0.139 e. The van der Waals surface area contributed by atoms with Crippen molar-refractivity contribution in [2.45, 2.75) is 31.2 Å². The molecule has 4 nitrogen and oxygen atoms in total. The Morgan fingerprint density at radius 2 is 2.11 bits per heavy atom. The molecule has 2 aliphatic heterocycles. The summed E-state index contributed by atoms with van der Waals surface area (Å²) in [4.78, 5) is 9.26. The van der Waals surface area contributed by atoms with Gasteiger partial charge in [-0.25, -0.2) is 14.4 Å². The van der Waals surface area contributed by atoms with Gasteiger partial charge in [0.1, 0.15) is 11.6 Å². The maximum absolute atomic E-state index is 13.9. The van der Waals surface area contributed by atoms with E-state index in [0.717, 1.165) is 35.6 Å². The Hall–Kier alpha value is -1.83. The van der Waals surface area contributed by atoms with Crippen LogP contribution in [0.4, 0.5) is 4.39 Å². The number of aromatic amines is 1. The lowest BCUT2D eigenvalue weighted by Crippen LogP contribution is -2.41. The molecule has 1 N–H and O–H groups in total. The van der Waals surface area contributed by atoms with E-state index in [1.54, 1.807) is 6.07 Å². The van der Waals surface area contributed by atoms with Gasteiger partial charge in [-0.1, -0.05) is 42.1 Å². The zero-order valence-electron chi connectivity index (χ0n) is 15.3.